The summed E-state index contributed by atoms with van der Waals surface area (Å²) in [7, 11) is 0. The van der Waals surface area contributed by atoms with Crippen LogP contribution >= 0.6 is 15.9 Å². The van der Waals surface area contributed by atoms with Crippen molar-refractivity contribution in [2.75, 3.05) is 18.4 Å². The zero-order chi connectivity index (χ0) is 12.5. The van der Waals surface area contributed by atoms with Crippen molar-refractivity contribution < 1.29 is 4.79 Å². The lowest BCUT2D eigenvalue weighted by Crippen LogP contribution is -2.36. The Morgan fingerprint density at radius 2 is 2.35 bits per heavy atom. The number of aromatic amines is 1. The van der Waals surface area contributed by atoms with Crippen molar-refractivity contribution in [2.24, 2.45) is 5.41 Å². The topological polar surface area (TPSA) is 74.0 Å². The third-order valence-electron chi connectivity index (χ3n) is 3.03. The number of anilines is 1. The van der Waals surface area contributed by atoms with Gasteiger partial charge in [-0.25, -0.2) is 0 Å². The molecule has 2 rings (SSSR count). The molecule has 1 fully saturated rings. The molecule has 1 saturated heterocycles. The van der Waals surface area contributed by atoms with E-state index in [0.29, 0.717) is 6.54 Å². The first kappa shape index (κ1) is 12.3. The summed E-state index contributed by atoms with van der Waals surface area (Å²) in [4.78, 5) is 26.1. The molecule has 0 aliphatic carbocycles. The monoisotopic (exact) mass is 299 g/mol. The molecular formula is C11H14BrN3O2. The highest BCUT2D eigenvalue weighted by molar-refractivity contribution is 9.10. The fourth-order valence-electron chi connectivity index (χ4n) is 1.83. The van der Waals surface area contributed by atoms with Crippen molar-refractivity contribution in [1.29, 1.82) is 0 Å². The van der Waals surface area contributed by atoms with Gasteiger partial charge in [0.15, 0.2) is 0 Å². The SMILES string of the molecule is C[C@]1(C(=O)Nc2cc(Br)c[nH]c2=O)CCNC1. The maximum Gasteiger partial charge on any atom is 0.271 e. The highest BCUT2D eigenvalue weighted by atomic mass is 79.9. The minimum atomic E-state index is -0.436. The second kappa shape index (κ2) is 4.62. The van der Waals surface area contributed by atoms with Crippen LogP contribution in [0.4, 0.5) is 5.69 Å². The third-order valence-corrected chi connectivity index (χ3v) is 3.49. The molecule has 0 spiro atoms. The summed E-state index contributed by atoms with van der Waals surface area (Å²) < 4.78 is 0.724. The van der Waals surface area contributed by atoms with Crippen LogP contribution in [0.3, 0.4) is 0 Å². The van der Waals surface area contributed by atoms with Crippen LogP contribution in [0.2, 0.25) is 0 Å². The van der Waals surface area contributed by atoms with E-state index in [9.17, 15) is 9.59 Å². The summed E-state index contributed by atoms with van der Waals surface area (Å²) in [6, 6.07) is 1.60. The maximum absolute atomic E-state index is 12.1. The van der Waals surface area contributed by atoms with E-state index in [0.717, 1.165) is 17.4 Å². The van der Waals surface area contributed by atoms with Crippen LogP contribution in [-0.4, -0.2) is 24.0 Å². The molecule has 1 aliphatic rings. The number of rotatable bonds is 2. The maximum atomic E-state index is 12.1. The number of nitrogens with one attached hydrogen (secondary N) is 3. The molecule has 1 aromatic heterocycles. The Balaban J connectivity index is 2.18. The molecule has 0 bridgehead atoms. The van der Waals surface area contributed by atoms with Crippen LogP contribution in [-0.2, 0) is 4.79 Å². The van der Waals surface area contributed by atoms with Gasteiger partial charge in [-0.3, -0.25) is 9.59 Å². The van der Waals surface area contributed by atoms with E-state index in [-0.39, 0.29) is 17.2 Å². The summed E-state index contributed by atoms with van der Waals surface area (Å²) in [6.07, 6.45) is 2.32. The fraction of sp³-hybridized carbons (Fsp3) is 0.455. The van der Waals surface area contributed by atoms with Crippen LogP contribution in [0.25, 0.3) is 0 Å². The number of aromatic nitrogens is 1. The van der Waals surface area contributed by atoms with Crippen LogP contribution in [0.15, 0.2) is 21.5 Å². The van der Waals surface area contributed by atoms with E-state index in [2.05, 4.69) is 31.5 Å². The van der Waals surface area contributed by atoms with Crippen molar-refractivity contribution in [3.8, 4) is 0 Å². The Hall–Kier alpha value is -1.14. The minimum absolute atomic E-state index is 0.119. The second-order valence-corrected chi connectivity index (χ2v) is 5.42. The number of hydrogen-bond donors (Lipinski definition) is 3. The van der Waals surface area contributed by atoms with Crippen LogP contribution < -0.4 is 16.2 Å². The Morgan fingerprint density at radius 1 is 1.59 bits per heavy atom. The molecule has 92 valence electrons. The highest BCUT2D eigenvalue weighted by Crippen LogP contribution is 2.26. The first-order chi connectivity index (χ1) is 8.01. The lowest BCUT2D eigenvalue weighted by Gasteiger charge is -2.21. The molecule has 2 heterocycles. The molecular weight excluding hydrogens is 286 g/mol. The molecule has 0 aromatic carbocycles. The van der Waals surface area contributed by atoms with Crippen LogP contribution in [0.5, 0.6) is 0 Å². The number of pyridine rings is 1. The van der Waals surface area contributed by atoms with Gasteiger partial charge in [0.1, 0.15) is 5.69 Å². The molecule has 6 heteroatoms. The second-order valence-electron chi connectivity index (χ2n) is 4.50. The third kappa shape index (κ3) is 2.58. The summed E-state index contributed by atoms with van der Waals surface area (Å²) in [6.45, 7) is 3.37. The van der Waals surface area contributed by atoms with E-state index in [1.165, 1.54) is 6.20 Å². The van der Waals surface area contributed by atoms with Crippen molar-refractivity contribution in [3.05, 3.63) is 27.1 Å². The average molecular weight is 300 g/mol. The van der Waals surface area contributed by atoms with Crippen LogP contribution in [0.1, 0.15) is 13.3 Å². The first-order valence-electron chi connectivity index (χ1n) is 5.42. The van der Waals surface area contributed by atoms with Gasteiger partial charge < -0.3 is 15.6 Å². The molecule has 3 N–H and O–H groups in total. The van der Waals surface area contributed by atoms with Gasteiger partial charge in [-0.15, -0.1) is 0 Å². The average Bonchev–Trinajstić information content (AvgIpc) is 2.72. The van der Waals surface area contributed by atoms with Gasteiger partial charge in [0.2, 0.25) is 5.91 Å². The molecule has 5 nitrogen and oxygen atoms in total. The molecule has 1 aromatic rings. The number of carbonyl (C=O) groups excluding carboxylic acids is 1. The Morgan fingerprint density at radius 3 is 3.00 bits per heavy atom. The van der Waals surface area contributed by atoms with E-state index in [4.69, 9.17) is 0 Å². The number of carbonyl (C=O) groups is 1. The largest absolute Gasteiger partial charge is 0.326 e. The molecule has 0 radical (unpaired) electrons. The summed E-state index contributed by atoms with van der Waals surface area (Å²) in [5.41, 5.74) is -0.456. The first-order valence-corrected chi connectivity index (χ1v) is 6.21. The number of hydrogen-bond acceptors (Lipinski definition) is 3. The summed E-state index contributed by atoms with van der Waals surface area (Å²) in [5, 5.41) is 5.83. The Kier molecular flexibility index (Phi) is 3.35. The predicted molar refractivity (Wildman–Crippen MR) is 69.0 cm³/mol. The van der Waals surface area contributed by atoms with Crippen molar-refractivity contribution >= 4 is 27.5 Å². The molecule has 0 unspecified atom stereocenters. The highest BCUT2D eigenvalue weighted by Gasteiger charge is 2.36. The van der Waals surface area contributed by atoms with E-state index in [1.54, 1.807) is 6.07 Å². The van der Waals surface area contributed by atoms with Crippen molar-refractivity contribution in [2.45, 2.75) is 13.3 Å². The van der Waals surface area contributed by atoms with Crippen LogP contribution in [0, 0.1) is 5.41 Å². The summed E-state index contributed by atoms with van der Waals surface area (Å²) >= 11 is 3.25. The normalized spacial score (nSPS) is 23.6. The number of halogens is 1. The lowest BCUT2D eigenvalue weighted by molar-refractivity contribution is -0.123. The van der Waals surface area contributed by atoms with E-state index < -0.39 is 5.41 Å². The lowest BCUT2D eigenvalue weighted by atomic mass is 9.89. The zero-order valence-electron chi connectivity index (χ0n) is 9.47. The van der Waals surface area contributed by atoms with E-state index in [1.807, 2.05) is 6.92 Å². The van der Waals surface area contributed by atoms with Gasteiger partial charge in [0.05, 0.1) is 5.41 Å². The molecule has 1 atom stereocenters. The zero-order valence-corrected chi connectivity index (χ0v) is 11.1. The molecule has 1 amide bonds. The molecule has 0 saturated carbocycles. The molecule has 1 aliphatic heterocycles. The number of amides is 1. The van der Waals surface area contributed by atoms with E-state index >= 15 is 0 Å². The quantitative estimate of drug-likeness (QED) is 0.765. The predicted octanol–water partition coefficient (Wildman–Crippen LogP) is 1.08. The molecule has 17 heavy (non-hydrogen) atoms. The Bertz CT molecular complexity index is 492. The van der Waals surface area contributed by atoms with Gasteiger partial charge in [-0.2, -0.15) is 0 Å². The van der Waals surface area contributed by atoms with Crippen molar-refractivity contribution in [3.63, 3.8) is 0 Å². The van der Waals surface area contributed by atoms with Gasteiger partial charge in [0, 0.05) is 17.2 Å². The van der Waals surface area contributed by atoms with Gasteiger partial charge in [-0.05, 0) is 41.9 Å². The van der Waals surface area contributed by atoms with Gasteiger partial charge >= 0.3 is 0 Å². The summed E-state index contributed by atoms with van der Waals surface area (Å²) in [5.74, 6) is -0.119. The minimum Gasteiger partial charge on any atom is -0.326 e. The number of H-pyrrole nitrogens is 1. The van der Waals surface area contributed by atoms with Gasteiger partial charge in [-0.1, -0.05) is 0 Å². The van der Waals surface area contributed by atoms with Crippen molar-refractivity contribution in [1.82, 2.24) is 10.3 Å². The Labute approximate surface area is 107 Å². The fourth-order valence-corrected chi connectivity index (χ4v) is 2.18. The smallest absolute Gasteiger partial charge is 0.271 e. The standard InChI is InChI=1S/C11H14BrN3O2/c1-11(2-3-13-6-11)10(17)15-8-4-7(12)5-14-9(8)16/h4-5,13H,2-3,6H2,1H3,(H,14,16)(H,15,17)/t11-/m0/s1. The van der Waals surface area contributed by atoms with Gasteiger partial charge in [0.25, 0.3) is 5.56 Å².